The molecular formula is C23H28N8O. The number of amides is 1. The standard InChI is InChI=1S/C23H28N8O/c1-2-9-31-19-11-18(6-5-15(19)12-26-31)28-23-25-13-20(21(24)29-23)30-10-3-4-16(14-30)22(32)27-17-7-8-17/h2,5-6,11-13,16-17H,1,3-4,7-10,14H2,(H,27,32)(H3,24,25,28,29)/t16-/m1/s1. The number of fused-ring (bicyclic) bond motifs is 1. The largest absolute Gasteiger partial charge is 0.382 e. The molecule has 1 amide bonds. The van der Waals surface area contributed by atoms with E-state index in [0.717, 1.165) is 54.5 Å². The number of aromatic nitrogens is 4. The Bertz CT molecular complexity index is 1150. The lowest BCUT2D eigenvalue weighted by atomic mass is 9.96. The third-order valence-corrected chi connectivity index (χ3v) is 6.06. The Labute approximate surface area is 186 Å². The van der Waals surface area contributed by atoms with Crippen LogP contribution in [0.5, 0.6) is 0 Å². The smallest absolute Gasteiger partial charge is 0.229 e. The van der Waals surface area contributed by atoms with Crippen LogP contribution in [-0.4, -0.2) is 44.8 Å². The summed E-state index contributed by atoms with van der Waals surface area (Å²) in [7, 11) is 0. The molecule has 0 bridgehead atoms. The first kappa shape index (κ1) is 20.3. The fourth-order valence-corrected chi connectivity index (χ4v) is 4.19. The van der Waals surface area contributed by atoms with Gasteiger partial charge in [-0.05, 0) is 43.9 Å². The highest BCUT2D eigenvalue weighted by molar-refractivity contribution is 5.83. The Hall–Kier alpha value is -3.62. The van der Waals surface area contributed by atoms with E-state index in [1.54, 1.807) is 6.20 Å². The van der Waals surface area contributed by atoms with Crippen LogP contribution >= 0.6 is 0 Å². The highest BCUT2D eigenvalue weighted by Gasteiger charge is 2.31. The van der Waals surface area contributed by atoms with Gasteiger partial charge in [0.1, 0.15) is 0 Å². The maximum Gasteiger partial charge on any atom is 0.229 e. The first-order valence-electron chi connectivity index (χ1n) is 11.1. The van der Waals surface area contributed by atoms with Crippen molar-refractivity contribution >= 4 is 40.0 Å². The van der Waals surface area contributed by atoms with Gasteiger partial charge in [0.25, 0.3) is 0 Å². The predicted octanol–water partition coefficient (Wildman–Crippen LogP) is 2.83. The topological polar surface area (TPSA) is 114 Å². The second-order valence-electron chi connectivity index (χ2n) is 8.55. The molecule has 0 spiro atoms. The number of allylic oxidation sites excluding steroid dienone is 1. The molecule has 0 unspecified atom stereocenters. The number of nitrogens with zero attached hydrogens (tertiary/aromatic N) is 5. The SMILES string of the molecule is C=CCn1ncc2ccc(Nc3ncc(N4CCC[C@@H](C(=O)NC5CC5)C4)c(N)n3)cc21. The van der Waals surface area contributed by atoms with E-state index in [9.17, 15) is 4.79 Å². The van der Waals surface area contributed by atoms with Crippen LogP contribution in [0, 0.1) is 5.92 Å². The van der Waals surface area contributed by atoms with Crippen molar-refractivity contribution in [1.82, 2.24) is 25.1 Å². The van der Waals surface area contributed by atoms with Gasteiger partial charge in [-0.1, -0.05) is 6.08 Å². The number of anilines is 4. The van der Waals surface area contributed by atoms with Crippen LogP contribution in [0.25, 0.3) is 10.9 Å². The van der Waals surface area contributed by atoms with E-state index in [2.05, 4.69) is 37.2 Å². The van der Waals surface area contributed by atoms with E-state index in [1.807, 2.05) is 35.2 Å². The van der Waals surface area contributed by atoms with Crippen molar-refractivity contribution in [3.05, 3.63) is 43.2 Å². The summed E-state index contributed by atoms with van der Waals surface area (Å²) >= 11 is 0. The molecule has 1 aromatic carbocycles. The second kappa shape index (κ2) is 8.49. The number of hydrogen-bond acceptors (Lipinski definition) is 7. The molecule has 1 saturated carbocycles. The van der Waals surface area contributed by atoms with E-state index in [0.29, 0.717) is 30.9 Å². The van der Waals surface area contributed by atoms with Gasteiger partial charge in [0, 0.05) is 30.2 Å². The van der Waals surface area contributed by atoms with Gasteiger partial charge in [0.05, 0.1) is 36.1 Å². The van der Waals surface area contributed by atoms with Gasteiger partial charge in [0.2, 0.25) is 11.9 Å². The molecular weight excluding hydrogens is 404 g/mol. The third-order valence-electron chi connectivity index (χ3n) is 6.06. The summed E-state index contributed by atoms with van der Waals surface area (Å²) in [6, 6.07) is 6.35. The number of carbonyl (C=O) groups excluding carboxylic acids is 1. The molecule has 9 heteroatoms. The molecule has 0 radical (unpaired) electrons. The molecule has 1 saturated heterocycles. The average Bonchev–Trinajstić information content (AvgIpc) is 3.53. The fourth-order valence-electron chi connectivity index (χ4n) is 4.19. The molecule has 2 fully saturated rings. The van der Waals surface area contributed by atoms with Crippen molar-refractivity contribution < 1.29 is 4.79 Å². The molecule has 9 nitrogen and oxygen atoms in total. The van der Waals surface area contributed by atoms with Gasteiger partial charge in [-0.25, -0.2) is 4.98 Å². The molecule has 1 atom stereocenters. The van der Waals surface area contributed by atoms with Gasteiger partial charge in [-0.3, -0.25) is 9.48 Å². The minimum absolute atomic E-state index is 0.0197. The first-order valence-corrected chi connectivity index (χ1v) is 11.1. The van der Waals surface area contributed by atoms with Gasteiger partial charge in [0.15, 0.2) is 5.82 Å². The third kappa shape index (κ3) is 4.23. The van der Waals surface area contributed by atoms with E-state index >= 15 is 0 Å². The molecule has 4 N–H and O–H groups in total. The quantitative estimate of drug-likeness (QED) is 0.492. The fraction of sp³-hybridized carbons (Fsp3) is 0.391. The molecule has 166 valence electrons. The van der Waals surface area contributed by atoms with Crippen LogP contribution in [0.4, 0.5) is 23.1 Å². The predicted molar refractivity (Wildman–Crippen MR) is 126 cm³/mol. The van der Waals surface area contributed by atoms with Crippen molar-refractivity contribution in [2.24, 2.45) is 5.92 Å². The first-order chi connectivity index (χ1) is 15.6. The van der Waals surface area contributed by atoms with Crippen molar-refractivity contribution in [2.45, 2.75) is 38.3 Å². The summed E-state index contributed by atoms with van der Waals surface area (Å²) in [5, 5.41) is 11.8. The summed E-state index contributed by atoms with van der Waals surface area (Å²) in [5.74, 6) is 0.971. The van der Waals surface area contributed by atoms with Crippen LogP contribution in [0.15, 0.2) is 43.2 Å². The highest BCUT2D eigenvalue weighted by atomic mass is 16.2. The molecule has 1 aliphatic heterocycles. The maximum absolute atomic E-state index is 12.5. The Kier molecular flexibility index (Phi) is 5.38. The van der Waals surface area contributed by atoms with E-state index in [1.165, 1.54) is 0 Å². The molecule has 2 aliphatic rings. The minimum atomic E-state index is -0.0197. The number of nitrogens with one attached hydrogen (secondary N) is 2. The van der Waals surface area contributed by atoms with Crippen LogP contribution in [0.3, 0.4) is 0 Å². The van der Waals surface area contributed by atoms with Crippen molar-refractivity contribution in [3.8, 4) is 0 Å². The lowest BCUT2D eigenvalue weighted by Crippen LogP contribution is -2.44. The number of hydrogen-bond donors (Lipinski definition) is 3. The highest BCUT2D eigenvalue weighted by Crippen LogP contribution is 2.29. The van der Waals surface area contributed by atoms with Crippen LogP contribution < -0.4 is 21.3 Å². The zero-order chi connectivity index (χ0) is 22.1. The summed E-state index contributed by atoms with van der Waals surface area (Å²) in [4.78, 5) is 23.6. The monoisotopic (exact) mass is 432 g/mol. The normalized spacial score (nSPS) is 18.5. The number of benzene rings is 1. The zero-order valence-electron chi connectivity index (χ0n) is 18.0. The Balaban J connectivity index is 1.29. The summed E-state index contributed by atoms with van der Waals surface area (Å²) in [5.41, 5.74) is 8.93. The van der Waals surface area contributed by atoms with Crippen molar-refractivity contribution in [3.63, 3.8) is 0 Å². The van der Waals surface area contributed by atoms with E-state index in [4.69, 9.17) is 5.73 Å². The van der Waals surface area contributed by atoms with Crippen LogP contribution in [0.1, 0.15) is 25.7 Å². The molecule has 3 heterocycles. The van der Waals surface area contributed by atoms with Crippen molar-refractivity contribution in [2.75, 3.05) is 29.0 Å². The number of nitrogen functional groups attached to an aromatic ring is 1. The van der Waals surface area contributed by atoms with Crippen LogP contribution in [-0.2, 0) is 11.3 Å². The summed E-state index contributed by atoms with van der Waals surface area (Å²) in [6.07, 6.45) is 9.44. The molecule has 5 rings (SSSR count). The van der Waals surface area contributed by atoms with Gasteiger partial charge in [-0.2, -0.15) is 10.1 Å². The Morgan fingerprint density at radius 3 is 2.94 bits per heavy atom. The van der Waals surface area contributed by atoms with Gasteiger partial charge >= 0.3 is 0 Å². The van der Waals surface area contributed by atoms with E-state index in [-0.39, 0.29) is 11.8 Å². The lowest BCUT2D eigenvalue weighted by molar-refractivity contribution is -0.125. The van der Waals surface area contributed by atoms with Crippen molar-refractivity contribution in [1.29, 1.82) is 0 Å². The van der Waals surface area contributed by atoms with Gasteiger partial charge in [-0.15, -0.1) is 6.58 Å². The number of rotatable bonds is 7. The molecule has 32 heavy (non-hydrogen) atoms. The second-order valence-corrected chi connectivity index (χ2v) is 8.55. The number of piperidine rings is 1. The number of nitrogens with two attached hydrogens (primary N) is 1. The molecule has 2 aromatic heterocycles. The molecule has 1 aliphatic carbocycles. The zero-order valence-corrected chi connectivity index (χ0v) is 18.0. The Morgan fingerprint density at radius 1 is 1.28 bits per heavy atom. The summed E-state index contributed by atoms with van der Waals surface area (Å²) in [6.45, 7) is 5.91. The minimum Gasteiger partial charge on any atom is -0.382 e. The van der Waals surface area contributed by atoms with E-state index < -0.39 is 0 Å². The average molecular weight is 433 g/mol. The number of carbonyl (C=O) groups is 1. The lowest BCUT2D eigenvalue weighted by Gasteiger charge is -2.33. The van der Waals surface area contributed by atoms with Crippen LogP contribution in [0.2, 0.25) is 0 Å². The van der Waals surface area contributed by atoms with Gasteiger partial charge < -0.3 is 21.3 Å². The summed E-state index contributed by atoms with van der Waals surface area (Å²) < 4.78 is 1.89. The maximum atomic E-state index is 12.5. The molecule has 3 aromatic rings. The Morgan fingerprint density at radius 2 is 2.16 bits per heavy atom.